The Morgan fingerprint density at radius 3 is 2.38 bits per heavy atom. The molecule has 0 aromatic heterocycles. The fourth-order valence-electron chi connectivity index (χ4n) is 1.60. The standard InChI is InChI=1S/C14H11Br3N2O2/c15-8-5-9(16)14(10(17)6-8)21-7-13(20)19-12-4-2-1-3-11(12)18/h1-6H,7,18H2,(H,19,20). The lowest BCUT2D eigenvalue weighted by Gasteiger charge is -2.12. The Hall–Kier alpha value is -1.05. The first-order valence-corrected chi connectivity index (χ1v) is 8.27. The number of halogens is 3. The summed E-state index contributed by atoms with van der Waals surface area (Å²) in [7, 11) is 0. The monoisotopic (exact) mass is 476 g/mol. The Labute approximate surface area is 147 Å². The Balaban J connectivity index is 2.01. The van der Waals surface area contributed by atoms with Crippen LogP contribution in [0, 0.1) is 0 Å². The van der Waals surface area contributed by atoms with Crippen LogP contribution in [0.4, 0.5) is 11.4 Å². The maximum absolute atomic E-state index is 11.9. The zero-order valence-electron chi connectivity index (χ0n) is 10.7. The van der Waals surface area contributed by atoms with Gasteiger partial charge < -0.3 is 15.8 Å². The second-order valence-corrected chi connectivity index (χ2v) is 6.75. The molecule has 2 rings (SSSR count). The topological polar surface area (TPSA) is 64.3 Å². The van der Waals surface area contributed by atoms with E-state index in [1.165, 1.54) is 0 Å². The van der Waals surface area contributed by atoms with Crippen molar-refractivity contribution in [2.75, 3.05) is 17.7 Å². The molecule has 1 amide bonds. The SMILES string of the molecule is Nc1ccccc1NC(=O)COc1c(Br)cc(Br)cc1Br. The molecule has 0 radical (unpaired) electrons. The number of carbonyl (C=O) groups is 1. The van der Waals surface area contributed by atoms with Crippen LogP contribution in [0.1, 0.15) is 0 Å². The van der Waals surface area contributed by atoms with Gasteiger partial charge >= 0.3 is 0 Å². The fraction of sp³-hybridized carbons (Fsp3) is 0.0714. The van der Waals surface area contributed by atoms with E-state index in [9.17, 15) is 4.79 Å². The molecule has 2 aromatic carbocycles. The van der Waals surface area contributed by atoms with E-state index in [2.05, 4.69) is 53.1 Å². The van der Waals surface area contributed by atoms with E-state index >= 15 is 0 Å². The third-order valence-electron chi connectivity index (χ3n) is 2.55. The Bertz CT molecular complexity index is 654. The zero-order valence-corrected chi connectivity index (χ0v) is 15.5. The molecule has 0 unspecified atom stereocenters. The average molecular weight is 479 g/mol. The van der Waals surface area contributed by atoms with Gasteiger partial charge in [0, 0.05) is 4.47 Å². The van der Waals surface area contributed by atoms with Crippen LogP contribution in [-0.2, 0) is 4.79 Å². The molecule has 0 spiro atoms. The first-order chi connectivity index (χ1) is 9.97. The van der Waals surface area contributed by atoms with Crippen LogP contribution in [-0.4, -0.2) is 12.5 Å². The summed E-state index contributed by atoms with van der Waals surface area (Å²) in [6.07, 6.45) is 0. The normalized spacial score (nSPS) is 10.2. The van der Waals surface area contributed by atoms with Crippen molar-refractivity contribution in [1.29, 1.82) is 0 Å². The predicted molar refractivity (Wildman–Crippen MR) is 94.5 cm³/mol. The first kappa shape index (κ1) is 16.3. The van der Waals surface area contributed by atoms with Crippen LogP contribution in [0.3, 0.4) is 0 Å². The van der Waals surface area contributed by atoms with E-state index in [1.54, 1.807) is 24.3 Å². The molecule has 110 valence electrons. The van der Waals surface area contributed by atoms with Crippen LogP contribution in [0.2, 0.25) is 0 Å². The van der Waals surface area contributed by atoms with Crippen molar-refractivity contribution in [2.45, 2.75) is 0 Å². The summed E-state index contributed by atoms with van der Waals surface area (Å²) in [5.74, 6) is 0.281. The average Bonchev–Trinajstić information content (AvgIpc) is 2.40. The van der Waals surface area contributed by atoms with Gasteiger partial charge in [0.1, 0.15) is 5.75 Å². The number of amides is 1. The van der Waals surface area contributed by atoms with Crippen LogP contribution in [0.5, 0.6) is 5.75 Å². The molecular weight excluding hydrogens is 468 g/mol. The first-order valence-electron chi connectivity index (χ1n) is 5.89. The van der Waals surface area contributed by atoms with Crippen LogP contribution in [0.15, 0.2) is 49.8 Å². The molecule has 0 fully saturated rings. The summed E-state index contributed by atoms with van der Waals surface area (Å²) >= 11 is 10.2. The molecule has 4 nitrogen and oxygen atoms in total. The number of rotatable bonds is 4. The molecule has 0 atom stereocenters. The van der Waals surface area contributed by atoms with Gasteiger partial charge in [-0.05, 0) is 56.1 Å². The van der Waals surface area contributed by atoms with Gasteiger partial charge in [-0.25, -0.2) is 0 Å². The lowest BCUT2D eigenvalue weighted by molar-refractivity contribution is -0.118. The van der Waals surface area contributed by atoms with E-state index in [4.69, 9.17) is 10.5 Å². The van der Waals surface area contributed by atoms with Gasteiger partial charge in [-0.1, -0.05) is 28.1 Å². The number of carbonyl (C=O) groups excluding carboxylic acids is 1. The molecule has 0 aliphatic rings. The van der Waals surface area contributed by atoms with Gasteiger partial charge in [0.15, 0.2) is 6.61 Å². The van der Waals surface area contributed by atoms with E-state index in [1.807, 2.05) is 12.1 Å². The molecule has 0 heterocycles. The lowest BCUT2D eigenvalue weighted by Crippen LogP contribution is -2.21. The van der Waals surface area contributed by atoms with Crippen molar-refractivity contribution in [2.24, 2.45) is 0 Å². The highest BCUT2D eigenvalue weighted by molar-refractivity contribution is 9.11. The van der Waals surface area contributed by atoms with Crippen molar-refractivity contribution in [3.63, 3.8) is 0 Å². The van der Waals surface area contributed by atoms with Crippen LogP contribution in [0.25, 0.3) is 0 Å². The number of nitrogens with one attached hydrogen (secondary N) is 1. The molecule has 0 bridgehead atoms. The molecule has 0 saturated carbocycles. The second kappa shape index (κ2) is 7.29. The molecule has 21 heavy (non-hydrogen) atoms. The Morgan fingerprint density at radius 1 is 1.14 bits per heavy atom. The number of hydrogen-bond donors (Lipinski definition) is 2. The highest BCUT2D eigenvalue weighted by Gasteiger charge is 2.11. The molecular formula is C14H11Br3N2O2. The molecule has 2 aromatic rings. The fourth-order valence-corrected chi connectivity index (χ4v) is 4.09. The predicted octanol–water partition coefficient (Wildman–Crippen LogP) is 4.57. The smallest absolute Gasteiger partial charge is 0.262 e. The summed E-state index contributed by atoms with van der Waals surface area (Å²) < 4.78 is 7.92. The van der Waals surface area contributed by atoms with Gasteiger partial charge in [-0.3, -0.25) is 4.79 Å². The third-order valence-corrected chi connectivity index (χ3v) is 4.18. The second-order valence-electron chi connectivity index (χ2n) is 4.12. The largest absolute Gasteiger partial charge is 0.481 e. The van der Waals surface area contributed by atoms with Gasteiger partial charge in [-0.2, -0.15) is 0 Å². The summed E-state index contributed by atoms with van der Waals surface area (Å²) in [6, 6.07) is 10.7. The number of nitrogens with two attached hydrogens (primary N) is 1. The van der Waals surface area contributed by atoms with Crippen molar-refractivity contribution in [3.05, 3.63) is 49.8 Å². The highest BCUT2D eigenvalue weighted by atomic mass is 79.9. The number of nitrogen functional groups attached to an aromatic ring is 1. The van der Waals surface area contributed by atoms with Crippen molar-refractivity contribution >= 4 is 65.1 Å². The maximum atomic E-state index is 11.9. The van der Waals surface area contributed by atoms with Crippen LogP contribution < -0.4 is 15.8 Å². The summed E-state index contributed by atoms with van der Waals surface area (Å²) in [5.41, 5.74) is 6.85. The summed E-state index contributed by atoms with van der Waals surface area (Å²) in [5, 5.41) is 2.70. The van der Waals surface area contributed by atoms with Crippen molar-refractivity contribution < 1.29 is 9.53 Å². The molecule has 3 N–H and O–H groups in total. The maximum Gasteiger partial charge on any atom is 0.262 e. The van der Waals surface area contributed by atoms with Crippen LogP contribution >= 0.6 is 47.8 Å². The van der Waals surface area contributed by atoms with E-state index < -0.39 is 0 Å². The summed E-state index contributed by atoms with van der Waals surface area (Å²) in [6.45, 7) is -0.118. The number of anilines is 2. The lowest BCUT2D eigenvalue weighted by atomic mass is 10.3. The minimum atomic E-state index is -0.283. The highest BCUT2D eigenvalue weighted by Crippen LogP contribution is 2.36. The van der Waals surface area contributed by atoms with Crippen molar-refractivity contribution in [1.82, 2.24) is 0 Å². The van der Waals surface area contributed by atoms with Gasteiger partial charge in [-0.15, -0.1) is 0 Å². The molecule has 0 aliphatic heterocycles. The zero-order chi connectivity index (χ0) is 15.4. The Morgan fingerprint density at radius 2 is 1.76 bits per heavy atom. The molecule has 0 aliphatic carbocycles. The van der Waals surface area contributed by atoms with Gasteiger partial charge in [0.05, 0.1) is 20.3 Å². The minimum absolute atomic E-state index is 0.118. The quantitative estimate of drug-likeness (QED) is 0.632. The Kier molecular flexibility index (Phi) is 5.66. The van der Waals surface area contributed by atoms with E-state index in [0.717, 1.165) is 13.4 Å². The van der Waals surface area contributed by atoms with Gasteiger partial charge in [0.25, 0.3) is 5.91 Å². The molecule has 7 heteroatoms. The summed E-state index contributed by atoms with van der Waals surface area (Å²) in [4.78, 5) is 11.9. The van der Waals surface area contributed by atoms with E-state index in [-0.39, 0.29) is 12.5 Å². The number of hydrogen-bond acceptors (Lipinski definition) is 3. The third kappa shape index (κ3) is 4.46. The molecule has 0 saturated heterocycles. The number of benzene rings is 2. The number of ether oxygens (including phenoxy) is 1. The van der Waals surface area contributed by atoms with E-state index in [0.29, 0.717) is 17.1 Å². The number of para-hydroxylation sites is 2. The van der Waals surface area contributed by atoms with Crippen molar-refractivity contribution in [3.8, 4) is 5.75 Å². The minimum Gasteiger partial charge on any atom is -0.481 e. The van der Waals surface area contributed by atoms with Gasteiger partial charge in [0.2, 0.25) is 0 Å².